The molecule has 0 aromatic heterocycles. The van der Waals surface area contributed by atoms with Crippen LogP contribution in [0.5, 0.6) is 0 Å². The van der Waals surface area contributed by atoms with Gasteiger partial charge in [-0.2, -0.15) is 5.26 Å². The number of nitriles is 1. The summed E-state index contributed by atoms with van der Waals surface area (Å²) in [5, 5.41) is 8.79. The van der Waals surface area contributed by atoms with Crippen LogP contribution in [-0.4, -0.2) is 39.4 Å². The fourth-order valence-electron chi connectivity index (χ4n) is 1.57. The molecule has 0 aliphatic heterocycles. The summed E-state index contributed by atoms with van der Waals surface area (Å²) >= 11 is 0. The zero-order valence-corrected chi connectivity index (χ0v) is 12.2. The van der Waals surface area contributed by atoms with Gasteiger partial charge in [-0.25, -0.2) is 12.7 Å². The van der Waals surface area contributed by atoms with Crippen LogP contribution in [0.25, 0.3) is 0 Å². The van der Waals surface area contributed by atoms with Gasteiger partial charge in [-0.1, -0.05) is 6.07 Å². The van der Waals surface area contributed by atoms with E-state index in [4.69, 9.17) is 5.26 Å². The van der Waals surface area contributed by atoms with Crippen LogP contribution in [-0.2, 0) is 19.6 Å². The lowest BCUT2D eigenvalue weighted by molar-refractivity contribution is -0.140. The van der Waals surface area contributed by atoms with Gasteiger partial charge in [0, 0.05) is 20.0 Å². The molecule has 0 fully saturated rings. The van der Waals surface area contributed by atoms with Gasteiger partial charge in [-0.05, 0) is 24.6 Å². The monoisotopic (exact) mass is 296 g/mol. The minimum Gasteiger partial charge on any atom is -0.469 e. The number of hydrogen-bond acceptors (Lipinski definition) is 5. The van der Waals surface area contributed by atoms with Crippen molar-refractivity contribution >= 4 is 16.0 Å². The number of hydrogen-bond donors (Lipinski definition) is 0. The number of rotatable bonds is 6. The van der Waals surface area contributed by atoms with Gasteiger partial charge in [0.25, 0.3) is 0 Å². The van der Waals surface area contributed by atoms with E-state index in [1.54, 1.807) is 0 Å². The molecule has 108 valence electrons. The molecule has 0 atom stereocenters. The van der Waals surface area contributed by atoms with Crippen LogP contribution in [0.4, 0.5) is 0 Å². The van der Waals surface area contributed by atoms with Gasteiger partial charge in [0.05, 0.1) is 23.6 Å². The summed E-state index contributed by atoms with van der Waals surface area (Å²) in [6, 6.07) is 7.72. The molecule has 0 aliphatic carbocycles. The molecule has 0 amide bonds. The van der Waals surface area contributed by atoms with E-state index in [9.17, 15) is 13.2 Å². The molecule has 0 N–H and O–H groups in total. The van der Waals surface area contributed by atoms with Crippen molar-refractivity contribution in [1.29, 1.82) is 5.26 Å². The first kappa shape index (κ1) is 16.1. The van der Waals surface area contributed by atoms with Crippen molar-refractivity contribution in [1.82, 2.24) is 4.31 Å². The molecule has 0 spiro atoms. The number of benzene rings is 1. The molecule has 0 saturated heterocycles. The van der Waals surface area contributed by atoms with E-state index in [0.29, 0.717) is 6.42 Å². The molecule has 0 radical (unpaired) electrons. The Labute approximate surface area is 118 Å². The Morgan fingerprint density at radius 1 is 1.45 bits per heavy atom. The molecule has 7 heteroatoms. The lowest BCUT2D eigenvalue weighted by Crippen LogP contribution is -2.28. The molecule has 20 heavy (non-hydrogen) atoms. The van der Waals surface area contributed by atoms with E-state index < -0.39 is 10.0 Å². The second-order valence-corrected chi connectivity index (χ2v) is 6.19. The molecule has 1 rings (SSSR count). The van der Waals surface area contributed by atoms with E-state index >= 15 is 0 Å². The Morgan fingerprint density at radius 2 is 2.15 bits per heavy atom. The maximum atomic E-state index is 12.2. The van der Waals surface area contributed by atoms with Gasteiger partial charge in [0.1, 0.15) is 0 Å². The highest BCUT2D eigenvalue weighted by Gasteiger charge is 2.20. The Bertz CT molecular complexity index is 620. The van der Waals surface area contributed by atoms with Gasteiger partial charge in [-0.15, -0.1) is 0 Å². The third kappa shape index (κ3) is 4.05. The van der Waals surface area contributed by atoms with Crippen molar-refractivity contribution in [2.24, 2.45) is 0 Å². The first-order valence-corrected chi connectivity index (χ1v) is 7.39. The number of ether oxygens (including phenoxy) is 1. The van der Waals surface area contributed by atoms with Crippen molar-refractivity contribution < 1.29 is 17.9 Å². The highest BCUT2D eigenvalue weighted by atomic mass is 32.2. The van der Waals surface area contributed by atoms with E-state index in [1.165, 1.54) is 38.4 Å². The standard InChI is InChI=1S/C13H16N2O4S/c1-15(8-4-7-13(16)19-2)20(17,18)12-6-3-5-11(9-12)10-14/h3,5-6,9H,4,7-8H2,1-2H3. The summed E-state index contributed by atoms with van der Waals surface area (Å²) in [5.74, 6) is -0.373. The maximum Gasteiger partial charge on any atom is 0.305 e. The second kappa shape index (κ2) is 7.03. The Hall–Kier alpha value is -1.91. The van der Waals surface area contributed by atoms with Crippen LogP contribution in [0.3, 0.4) is 0 Å². The number of sulfonamides is 1. The predicted octanol–water partition coefficient (Wildman–Crippen LogP) is 1.13. The molecule has 0 aliphatic rings. The summed E-state index contributed by atoms with van der Waals surface area (Å²) in [5.41, 5.74) is 0.286. The number of nitrogens with zero attached hydrogens (tertiary/aromatic N) is 2. The normalized spacial score (nSPS) is 11.1. The van der Waals surface area contributed by atoms with Crippen LogP contribution >= 0.6 is 0 Å². The summed E-state index contributed by atoms with van der Waals surface area (Å²) in [6.07, 6.45) is 0.537. The Kier molecular flexibility index (Phi) is 5.67. The van der Waals surface area contributed by atoms with Crippen molar-refractivity contribution in [3.8, 4) is 6.07 Å². The van der Waals surface area contributed by atoms with Crippen LogP contribution in [0, 0.1) is 11.3 Å². The molecular formula is C13H16N2O4S. The van der Waals surface area contributed by atoms with Crippen molar-refractivity contribution in [2.75, 3.05) is 20.7 Å². The summed E-state index contributed by atoms with van der Waals surface area (Å²) in [4.78, 5) is 11.0. The summed E-state index contributed by atoms with van der Waals surface area (Å²) < 4.78 is 30.1. The zero-order chi connectivity index (χ0) is 15.2. The van der Waals surface area contributed by atoms with Crippen molar-refractivity contribution in [2.45, 2.75) is 17.7 Å². The third-order valence-electron chi connectivity index (χ3n) is 2.75. The fourth-order valence-corrected chi connectivity index (χ4v) is 2.83. The SMILES string of the molecule is COC(=O)CCCN(C)S(=O)(=O)c1cccc(C#N)c1. The largest absolute Gasteiger partial charge is 0.469 e. The molecule has 0 unspecified atom stereocenters. The van der Waals surface area contributed by atoms with E-state index in [2.05, 4.69) is 4.74 Å². The van der Waals surface area contributed by atoms with Crippen molar-refractivity contribution in [3.63, 3.8) is 0 Å². The number of esters is 1. The minimum atomic E-state index is -3.65. The second-order valence-electron chi connectivity index (χ2n) is 4.15. The van der Waals surface area contributed by atoms with Crippen LogP contribution in [0.1, 0.15) is 18.4 Å². The molecule has 6 nitrogen and oxygen atoms in total. The number of methoxy groups -OCH3 is 1. The van der Waals surface area contributed by atoms with Crippen LogP contribution in [0.2, 0.25) is 0 Å². The van der Waals surface area contributed by atoms with Gasteiger partial charge < -0.3 is 4.74 Å². The zero-order valence-electron chi connectivity index (χ0n) is 11.4. The van der Waals surface area contributed by atoms with Crippen LogP contribution < -0.4 is 0 Å². The maximum absolute atomic E-state index is 12.2. The number of carbonyl (C=O) groups is 1. The average Bonchev–Trinajstić information content (AvgIpc) is 2.46. The van der Waals surface area contributed by atoms with E-state index in [-0.39, 0.29) is 29.4 Å². The average molecular weight is 296 g/mol. The van der Waals surface area contributed by atoms with E-state index in [0.717, 1.165) is 4.31 Å². The molecule has 0 heterocycles. The fraction of sp³-hybridized carbons (Fsp3) is 0.385. The number of carbonyl (C=O) groups excluding carboxylic acids is 1. The van der Waals surface area contributed by atoms with Gasteiger partial charge in [0.15, 0.2) is 0 Å². The van der Waals surface area contributed by atoms with Crippen LogP contribution in [0.15, 0.2) is 29.2 Å². The Morgan fingerprint density at radius 3 is 2.75 bits per heavy atom. The lowest BCUT2D eigenvalue weighted by Gasteiger charge is -2.16. The predicted molar refractivity (Wildman–Crippen MR) is 72.2 cm³/mol. The molecular weight excluding hydrogens is 280 g/mol. The quantitative estimate of drug-likeness (QED) is 0.734. The van der Waals surface area contributed by atoms with Gasteiger partial charge >= 0.3 is 5.97 Å². The molecule has 1 aromatic rings. The summed E-state index contributed by atoms with van der Waals surface area (Å²) in [6.45, 7) is 0.203. The first-order valence-electron chi connectivity index (χ1n) is 5.95. The smallest absolute Gasteiger partial charge is 0.305 e. The summed E-state index contributed by atoms with van der Waals surface area (Å²) in [7, 11) is -0.922. The van der Waals surface area contributed by atoms with Gasteiger partial charge in [-0.3, -0.25) is 4.79 Å². The van der Waals surface area contributed by atoms with E-state index in [1.807, 2.05) is 6.07 Å². The topological polar surface area (TPSA) is 87.5 Å². The minimum absolute atomic E-state index is 0.0668. The molecule has 1 aromatic carbocycles. The lowest BCUT2D eigenvalue weighted by atomic mass is 10.2. The highest BCUT2D eigenvalue weighted by molar-refractivity contribution is 7.89. The highest BCUT2D eigenvalue weighted by Crippen LogP contribution is 2.16. The van der Waals surface area contributed by atoms with Crippen molar-refractivity contribution in [3.05, 3.63) is 29.8 Å². The Balaban J connectivity index is 2.77. The first-order chi connectivity index (χ1) is 9.41. The molecule has 0 saturated carbocycles. The third-order valence-corrected chi connectivity index (χ3v) is 4.61. The molecule has 0 bridgehead atoms. The van der Waals surface area contributed by atoms with Gasteiger partial charge in [0.2, 0.25) is 10.0 Å².